The quantitative estimate of drug-likeness (QED) is 0.745. The van der Waals surface area contributed by atoms with Crippen LogP contribution in [0.4, 0.5) is 0 Å². The standard InChI is InChI=1S/C13H16Br2O/c14-10-13(5-7-16-8-6-13)9-11-1-3-12(15)4-2-11/h1-4H,5-10H2. The van der Waals surface area contributed by atoms with E-state index in [1.165, 1.54) is 5.56 Å². The summed E-state index contributed by atoms with van der Waals surface area (Å²) in [6.07, 6.45) is 3.47. The van der Waals surface area contributed by atoms with Gasteiger partial charge in [0.1, 0.15) is 0 Å². The van der Waals surface area contributed by atoms with Crippen LogP contribution in [-0.2, 0) is 11.2 Å². The summed E-state index contributed by atoms with van der Waals surface area (Å²) in [7, 11) is 0. The van der Waals surface area contributed by atoms with Crippen molar-refractivity contribution in [3.63, 3.8) is 0 Å². The zero-order valence-corrected chi connectivity index (χ0v) is 12.4. The molecule has 0 spiro atoms. The lowest BCUT2D eigenvalue weighted by Crippen LogP contribution is -2.33. The van der Waals surface area contributed by atoms with Crippen molar-refractivity contribution in [1.29, 1.82) is 0 Å². The highest BCUT2D eigenvalue weighted by Gasteiger charge is 2.31. The van der Waals surface area contributed by atoms with E-state index in [2.05, 4.69) is 56.1 Å². The molecule has 0 N–H and O–H groups in total. The molecule has 1 aromatic rings. The van der Waals surface area contributed by atoms with Crippen LogP contribution in [0.5, 0.6) is 0 Å². The normalized spacial score (nSPS) is 19.6. The first-order valence-electron chi connectivity index (χ1n) is 5.62. The molecule has 0 saturated carbocycles. The van der Waals surface area contributed by atoms with Gasteiger partial charge in [0, 0.05) is 23.0 Å². The highest BCUT2D eigenvalue weighted by atomic mass is 79.9. The Morgan fingerprint density at radius 2 is 1.75 bits per heavy atom. The maximum atomic E-state index is 5.46. The van der Waals surface area contributed by atoms with Crippen LogP contribution in [0.2, 0.25) is 0 Å². The number of alkyl halides is 1. The SMILES string of the molecule is BrCC1(Cc2ccc(Br)cc2)CCOCC1. The molecule has 0 unspecified atom stereocenters. The van der Waals surface area contributed by atoms with Gasteiger partial charge in [-0.3, -0.25) is 0 Å². The molecule has 0 radical (unpaired) electrons. The van der Waals surface area contributed by atoms with Crippen LogP contribution in [0.25, 0.3) is 0 Å². The fourth-order valence-electron chi connectivity index (χ4n) is 2.20. The average Bonchev–Trinajstić information content (AvgIpc) is 2.33. The summed E-state index contributed by atoms with van der Waals surface area (Å²) in [5, 5.41) is 1.07. The van der Waals surface area contributed by atoms with Gasteiger partial charge in [-0.15, -0.1) is 0 Å². The van der Waals surface area contributed by atoms with E-state index in [0.717, 1.165) is 42.3 Å². The Morgan fingerprint density at radius 1 is 1.12 bits per heavy atom. The predicted molar refractivity (Wildman–Crippen MR) is 74.1 cm³/mol. The Bertz CT molecular complexity index is 328. The average molecular weight is 348 g/mol. The van der Waals surface area contributed by atoms with Crippen molar-refractivity contribution in [3.8, 4) is 0 Å². The lowest BCUT2D eigenvalue weighted by atomic mass is 9.77. The molecular weight excluding hydrogens is 332 g/mol. The van der Waals surface area contributed by atoms with Crippen molar-refractivity contribution < 1.29 is 4.74 Å². The lowest BCUT2D eigenvalue weighted by molar-refractivity contribution is 0.0270. The van der Waals surface area contributed by atoms with Crippen molar-refractivity contribution in [2.45, 2.75) is 19.3 Å². The number of hydrogen-bond donors (Lipinski definition) is 0. The number of benzene rings is 1. The summed E-state index contributed by atoms with van der Waals surface area (Å²) in [6, 6.07) is 8.67. The predicted octanol–water partition coefficient (Wildman–Crippen LogP) is 4.18. The van der Waals surface area contributed by atoms with Crippen molar-refractivity contribution in [3.05, 3.63) is 34.3 Å². The maximum Gasteiger partial charge on any atom is 0.0471 e. The second-order valence-electron chi connectivity index (χ2n) is 4.55. The van der Waals surface area contributed by atoms with Crippen LogP contribution in [0.3, 0.4) is 0 Å². The smallest absolute Gasteiger partial charge is 0.0471 e. The summed E-state index contributed by atoms with van der Waals surface area (Å²) in [4.78, 5) is 0. The zero-order valence-electron chi connectivity index (χ0n) is 9.22. The number of hydrogen-bond acceptors (Lipinski definition) is 1. The first-order valence-corrected chi connectivity index (χ1v) is 7.54. The van der Waals surface area contributed by atoms with Crippen LogP contribution in [0.1, 0.15) is 18.4 Å². The van der Waals surface area contributed by atoms with Crippen LogP contribution in [0.15, 0.2) is 28.7 Å². The van der Waals surface area contributed by atoms with Gasteiger partial charge in [0.05, 0.1) is 0 Å². The Hall–Kier alpha value is 0.140. The van der Waals surface area contributed by atoms with Gasteiger partial charge in [0.25, 0.3) is 0 Å². The molecule has 0 atom stereocenters. The van der Waals surface area contributed by atoms with Crippen LogP contribution in [-0.4, -0.2) is 18.5 Å². The Balaban J connectivity index is 2.08. The second kappa shape index (κ2) is 5.65. The van der Waals surface area contributed by atoms with E-state index < -0.39 is 0 Å². The number of rotatable bonds is 3. The number of halogens is 2. The largest absolute Gasteiger partial charge is 0.381 e. The van der Waals surface area contributed by atoms with Gasteiger partial charge in [0.2, 0.25) is 0 Å². The molecule has 0 aromatic heterocycles. The topological polar surface area (TPSA) is 9.23 Å². The van der Waals surface area contributed by atoms with Gasteiger partial charge < -0.3 is 4.74 Å². The third-order valence-corrected chi connectivity index (χ3v) is 5.05. The molecule has 0 amide bonds. The van der Waals surface area contributed by atoms with E-state index in [9.17, 15) is 0 Å². The van der Waals surface area contributed by atoms with Crippen molar-refractivity contribution in [2.75, 3.05) is 18.5 Å². The van der Waals surface area contributed by atoms with E-state index >= 15 is 0 Å². The molecule has 1 fully saturated rings. The highest BCUT2D eigenvalue weighted by Crippen LogP contribution is 2.36. The van der Waals surface area contributed by atoms with Gasteiger partial charge in [0.15, 0.2) is 0 Å². The second-order valence-corrected chi connectivity index (χ2v) is 6.03. The molecule has 1 aliphatic rings. The third kappa shape index (κ3) is 3.08. The van der Waals surface area contributed by atoms with Crippen LogP contribution < -0.4 is 0 Å². The molecule has 0 aliphatic carbocycles. The molecule has 1 heterocycles. The first kappa shape index (κ1) is 12.6. The first-order chi connectivity index (χ1) is 7.74. The monoisotopic (exact) mass is 346 g/mol. The van der Waals surface area contributed by atoms with Crippen molar-refractivity contribution in [2.24, 2.45) is 5.41 Å². The van der Waals surface area contributed by atoms with Crippen molar-refractivity contribution in [1.82, 2.24) is 0 Å². The Kier molecular flexibility index (Phi) is 4.45. The van der Waals surface area contributed by atoms with Gasteiger partial charge in [-0.1, -0.05) is 44.0 Å². The maximum absolute atomic E-state index is 5.46. The minimum atomic E-state index is 0.395. The van der Waals surface area contributed by atoms with Gasteiger partial charge in [-0.2, -0.15) is 0 Å². The lowest BCUT2D eigenvalue weighted by Gasteiger charge is -2.35. The summed E-state index contributed by atoms with van der Waals surface area (Å²) in [5.74, 6) is 0. The van der Waals surface area contributed by atoms with Gasteiger partial charge in [-0.25, -0.2) is 0 Å². The third-order valence-electron chi connectivity index (χ3n) is 3.33. The highest BCUT2D eigenvalue weighted by molar-refractivity contribution is 9.10. The summed E-state index contributed by atoms with van der Waals surface area (Å²) >= 11 is 7.15. The molecule has 0 bridgehead atoms. The fraction of sp³-hybridized carbons (Fsp3) is 0.538. The minimum Gasteiger partial charge on any atom is -0.381 e. The van der Waals surface area contributed by atoms with Crippen LogP contribution in [0, 0.1) is 5.41 Å². The van der Waals surface area contributed by atoms with E-state index in [1.807, 2.05) is 0 Å². The van der Waals surface area contributed by atoms with E-state index in [-0.39, 0.29) is 0 Å². The molecule has 2 rings (SSSR count). The molecule has 16 heavy (non-hydrogen) atoms. The minimum absolute atomic E-state index is 0.395. The zero-order chi connectivity index (χ0) is 11.4. The van der Waals surface area contributed by atoms with Gasteiger partial charge in [-0.05, 0) is 42.4 Å². The molecule has 1 aromatic carbocycles. The van der Waals surface area contributed by atoms with E-state index in [0.29, 0.717) is 5.41 Å². The Morgan fingerprint density at radius 3 is 2.31 bits per heavy atom. The molecule has 88 valence electrons. The summed E-state index contributed by atoms with van der Waals surface area (Å²) in [6.45, 7) is 1.81. The summed E-state index contributed by atoms with van der Waals surface area (Å²) < 4.78 is 6.60. The fourth-order valence-corrected chi connectivity index (χ4v) is 3.22. The van der Waals surface area contributed by atoms with Gasteiger partial charge >= 0.3 is 0 Å². The molecule has 1 aliphatic heterocycles. The number of ether oxygens (including phenoxy) is 1. The Labute approximate surface area is 114 Å². The van der Waals surface area contributed by atoms with Crippen LogP contribution >= 0.6 is 31.9 Å². The summed E-state index contributed by atoms with van der Waals surface area (Å²) in [5.41, 5.74) is 1.82. The molecular formula is C13H16Br2O. The van der Waals surface area contributed by atoms with Crippen molar-refractivity contribution >= 4 is 31.9 Å². The molecule has 1 saturated heterocycles. The molecule has 1 nitrogen and oxygen atoms in total. The van der Waals surface area contributed by atoms with E-state index in [4.69, 9.17) is 4.74 Å². The van der Waals surface area contributed by atoms with E-state index in [1.54, 1.807) is 0 Å². The molecule has 3 heteroatoms.